The van der Waals surface area contributed by atoms with E-state index in [1.54, 1.807) is 0 Å². The minimum atomic E-state index is -0.977. The Labute approximate surface area is 153 Å². The fraction of sp³-hybridized carbons (Fsp3) is 0.450. The molecule has 1 amide bonds. The van der Waals surface area contributed by atoms with Crippen LogP contribution in [0.2, 0.25) is 0 Å². The number of likely N-dealkylation sites (tertiary alicyclic amines) is 1. The number of amides is 1. The van der Waals surface area contributed by atoms with E-state index in [4.69, 9.17) is 0 Å². The number of carbonyl (C=O) groups is 1. The predicted molar refractivity (Wildman–Crippen MR) is 98.7 cm³/mol. The molecule has 0 saturated carbocycles. The maximum Gasteiger partial charge on any atom is 0.253 e. The van der Waals surface area contributed by atoms with Gasteiger partial charge in [-0.1, -0.05) is 37.3 Å². The van der Waals surface area contributed by atoms with Crippen LogP contribution in [0, 0.1) is 0 Å². The fourth-order valence-corrected chi connectivity index (χ4v) is 3.44. The van der Waals surface area contributed by atoms with Crippen LogP contribution in [0.25, 0.3) is 0 Å². The second-order valence-electron chi connectivity index (χ2n) is 7.17. The van der Waals surface area contributed by atoms with Gasteiger partial charge in [0.05, 0.1) is 18.5 Å². The van der Waals surface area contributed by atoms with E-state index in [1.165, 1.54) is 23.2 Å². The third-order valence-electron chi connectivity index (χ3n) is 5.15. The number of nitrogens with zero attached hydrogens (tertiary/aromatic N) is 3. The summed E-state index contributed by atoms with van der Waals surface area (Å²) in [4.78, 5) is 30.1. The first-order valence-electron chi connectivity index (χ1n) is 9.02. The Morgan fingerprint density at radius 2 is 1.92 bits per heavy atom. The quantitative estimate of drug-likeness (QED) is 0.887. The van der Waals surface area contributed by atoms with E-state index in [-0.39, 0.29) is 23.9 Å². The molecule has 3 rings (SSSR count). The van der Waals surface area contributed by atoms with Crippen LogP contribution in [0.15, 0.2) is 53.7 Å². The summed E-state index contributed by atoms with van der Waals surface area (Å²) < 4.78 is 1.43. The topological polar surface area (TPSA) is 75.4 Å². The number of aliphatic hydroxyl groups is 1. The van der Waals surface area contributed by atoms with Crippen molar-refractivity contribution in [2.75, 3.05) is 13.1 Å². The first-order chi connectivity index (χ1) is 12.5. The zero-order valence-electron chi connectivity index (χ0n) is 15.0. The van der Waals surface area contributed by atoms with Crippen molar-refractivity contribution in [3.8, 4) is 0 Å². The number of benzene rings is 1. The van der Waals surface area contributed by atoms with Crippen LogP contribution in [-0.4, -0.2) is 44.2 Å². The van der Waals surface area contributed by atoms with Crippen molar-refractivity contribution in [1.82, 2.24) is 14.5 Å². The molecular formula is C20H25N3O3. The van der Waals surface area contributed by atoms with Gasteiger partial charge in [0.15, 0.2) is 0 Å². The van der Waals surface area contributed by atoms with Crippen molar-refractivity contribution in [2.45, 2.75) is 44.2 Å². The normalized spacial score (nSPS) is 17.7. The molecule has 0 aliphatic carbocycles. The van der Waals surface area contributed by atoms with Gasteiger partial charge in [-0.15, -0.1) is 0 Å². The second-order valence-corrected chi connectivity index (χ2v) is 7.17. The van der Waals surface area contributed by atoms with Crippen LogP contribution < -0.4 is 5.56 Å². The van der Waals surface area contributed by atoms with E-state index in [9.17, 15) is 14.7 Å². The maximum atomic E-state index is 12.6. The van der Waals surface area contributed by atoms with Gasteiger partial charge in [0.2, 0.25) is 5.91 Å². The molecule has 0 bridgehead atoms. The molecule has 1 aromatic carbocycles. The van der Waals surface area contributed by atoms with Gasteiger partial charge in [0.25, 0.3) is 5.56 Å². The van der Waals surface area contributed by atoms with Gasteiger partial charge < -0.3 is 10.0 Å². The van der Waals surface area contributed by atoms with E-state index >= 15 is 0 Å². The summed E-state index contributed by atoms with van der Waals surface area (Å²) in [5, 5.41) is 10.8. The SMILES string of the molecule is C[C@H](CC(=O)N1CCC(O)(Cn2cnccc2=O)CC1)c1ccccc1. The monoisotopic (exact) mass is 355 g/mol. The lowest BCUT2D eigenvalue weighted by molar-refractivity contribution is -0.136. The highest BCUT2D eigenvalue weighted by Crippen LogP contribution is 2.26. The summed E-state index contributed by atoms with van der Waals surface area (Å²) in [6.45, 7) is 3.28. The summed E-state index contributed by atoms with van der Waals surface area (Å²) in [7, 11) is 0. The largest absolute Gasteiger partial charge is 0.388 e. The van der Waals surface area contributed by atoms with Crippen LogP contribution >= 0.6 is 0 Å². The minimum Gasteiger partial charge on any atom is -0.388 e. The number of carbonyl (C=O) groups excluding carboxylic acids is 1. The second kappa shape index (κ2) is 7.83. The summed E-state index contributed by atoms with van der Waals surface area (Å²) in [5.74, 6) is 0.278. The molecule has 1 atom stereocenters. The van der Waals surface area contributed by atoms with Crippen molar-refractivity contribution < 1.29 is 9.90 Å². The molecule has 1 N–H and O–H groups in total. The third-order valence-corrected chi connectivity index (χ3v) is 5.15. The number of hydrogen-bond donors (Lipinski definition) is 1. The van der Waals surface area contributed by atoms with Gasteiger partial charge in [0.1, 0.15) is 0 Å². The van der Waals surface area contributed by atoms with Crippen molar-refractivity contribution in [2.24, 2.45) is 0 Å². The van der Waals surface area contributed by atoms with Gasteiger partial charge in [-0.25, -0.2) is 4.98 Å². The Kier molecular flexibility index (Phi) is 5.52. The van der Waals surface area contributed by atoms with Crippen LogP contribution in [-0.2, 0) is 11.3 Å². The standard InChI is InChI=1S/C20H25N3O3/c1-16(17-5-3-2-4-6-17)13-19(25)22-11-8-20(26,9-12-22)14-23-15-21-10-7-18(23)24/h2-7,10,15-16,26H,8-9,11-14H2,1H3/t16-/m1/s1. The molecule has 2 heterocycles. The van der Waals surface area contributed by atoms with E-state index in [0.29, 0.717) is 32.4 Å². The van der Waals surface area contributed by atoms with E-state index in [0.717, 1.165) is 5.56 Å². The van der Waals surface area contributed by atoms with Crippen LogP contribution in [0.3, 0.4) is 0 Å². The molecule has 1 aliphatic rings. The summed E-state index contributed by atoms with van der Waals surface area (Å²) >= 11 is 0. The van der Waals surface area contributed by atoms with Gasteiger partial charge in [-0.3, -0.25) is 14.2 Å². The molecule has 138 valence electrons. The van der Waals surface area contributed by atoms with Gasteiger partial charge >= 0.3 is 0 Å². The van der Waals surface area contributed by atoms with Crippen molar-refractivity contribution >= 4 is 5.91 Å². The highest BCUT2D eigenvalue weighted by atomic mass is 16.3. The molecule has 6 nitrogen and oxygen atoms in total. The molecule has 1 aromatic heterocycles. The summed E-state index contributed by atoms with van der Waals surface area (Å²) in [5.41, 5.74) is 0.00300. The number of hydrogen-bond acceptors (Lipinski definition) is 4. The highest BCUT2D eigenvalue weighted by molar-refractivity contribution is 5.77. The van der Waals surface area contributed by atoms with Gasteiger partial charge in [-0.2, -0.15) is 0 Å². The molecule has 26 heavy (non-hydrogen) atoms. The molecule has 6 heteroatoms. The van der Waals surface area contributed by atoms with E-state index in [2.05, 4.69) is 11.9 Å². The molecule has 1 aliphatic heterocycles. The Hall–Kier alpha value is -2.47. The average Bonchev–Trinajstić information content (AvgIpc) is 2.65. The van der Waals surface area contributed by atoms with Crippen molar-refractivity contribution in [3.05, 3.63) is 64.8 Å². The molecule has 0 unspecified atom stereocenters. The van der Waals surface area contributed by atoms with Crippen LogP contribution in [0.5, 0.6) is 0 Å². The maximum absolute atomic E-state index is 12.6. The first kappa shape index (κ1) is 18.3. The first-order valence-corrected chi connectivity index (χ1v) is 9.02. The Balaban J connectivity index is 1.55. The molecule has 2 aromatic rings. The van der Waals surface area contributed by atoms with Crippen LogP contribution in [0.1, 0.15) is 37.7 Å². The van der Waals surface area contributed by atoms with E-state index < -0.39 is 5.60 Å². The lowest BCUT2D eigenvalue weighted by Crippen LogP contribution is -2.49. The van der Waals surface area contributed by atoms with Crippen molar-refractivity contribution in [3.63, 3.8) is 0 Å². The molecule has 0 radical (unpaired) electrons. The average molecular weight is 355 g/mol. The molecule has 1 saturated heterocycles. The predicted octanol–water partition coefficient (Wildman–Crippen LogP) is 1.79. The van der Waals surface area contributed by atoms with E-state index in [1.807, 2.05) is 35.2 Å². The molecule has 1 fully saturated rings. The van der Waals surface area contributed by atoms with Gasteiger partial charge in [0, 0.05) is 31.8 Å². The third kappa shape index (κ3) is 4.38. The smallest absolute Gasteiger partial charge is 0.253 e. The Morgan fingerprint density at radius 1 is 1.23 bits per heavy atom. The minimum absolute atomic E-state index is 0.113. The molecular weight excluding hydrogens is 330 g/mol. The highest BCUT2D eigenvalue weighted by Gasteiger charge is 2.34. The van der Waals surface area contributed by atoms with Gasteiger partial charge in [-0.05, 0) is 24.3 Å². The zero-order valence-corrected chi connectivity index (χ0v) is 15.0. The summed E-state index contributed by atoms with van der Waals surface area (Å²) in [6.07, 6.45) is 4.27. The summed E-state index contributed by atoms with van der Waals surface area (Å²) in [6, 6.07) is 11.4. The van der Waals surface area contributed by atoms with Crippen molar-refractivity contribution in [1.29, 1.82) is 0 Å². The number of rotatable bonds is 5. The number of aromatic nitrogens is 2. The van der Waals surface area contributed by atoms with Crippen LogP contribution in [0.4, 0.5) is 0 Å². The Morgan fingerprint density at radius 3 is 2.58 bits per heavy atom. The lowest BCUT2D eigenvalue weighted by atomic mass is 9.90. The fourth-order valence-electron chi connectivity index (χ4n) is 3.44. The lowest BCUT2D eigenvalue weighted by Gasteiger charge is -2.38. The zero-order chi connectivity index (χ0) is 18.6. The Bertz CT molecular complexity index is 795. The molecule has 0 spiro atoms. The number of piperidine rings is 1.